The summed E-state index contributed by atoms with van der Waals surface area (Å²) in [7, 11) is 0. The van der Waals surface area contributed by atoms with E-state index in [0.29, 0.717) is 56.3 Å². The topological polar surface area (TPSA) is 84.5 Å². The Morgan fingerprint density at radius 3 is 2.53 bits per heavy atom. The van der Waals surface area contributed by atoms with E-state index in [-0.39, 0.29) is 17.1 Å². The van der Waals surface area contributed by atoms with Crippen molar-refractivity contribution < 1.29 is 18.7 Å². The van der Waals surface area contributed by atoms with Crippen molar-refractivity contribution in [1.82, 2.24) is 24.5 Å². The van der Waals surface area contributed by atoms with Crippen LogP contribution in [0.25, 0.3) is 28.0 Å². The van der Waals surface area contributed by atoms with Crippen molar-refractivity contribution in [2.45, 2.75) is 38.0 Å². The minimum atomic E-state index is -2.87. The van der Waals surface area contributed by atoms with Gasteiger partial charge in [-0.1, -0.05) is 47.5 Å². The van der Waals surface area contributed by atoms with Crippen LogP contribution in [-0.4, -0.2) is 41.8 Å². The lowest BCUT2D eigenvalue weighted by Crippen LogP contribution is -2.53. The van der Waals surface area contributed by atoms with Crippen LogP contribution in [0, 0.1) is 0 Å². The summed E-state index contributed by atoms with van der Waals surface area (Å²) in [5.74, 6) is -0.268. The Hall–Kier alpha value is -3.01. The minimum absolute atomic E-state index is 0.0802. The first kappa shape index (κ1) is 22.8. The van der Waals surface area contributed by atoms with E-state index >= 15 is 0 Å². The SMILES string of the molecule is CC1(O)CC(NC(=O)c2ccn3c(Cl)c(-c4ccccc4-c4cnn(C(F)F)c4Cl)nc3c2)C1. The average molecular weight is 506 g/mol. The fraction of sp³-hybridized carbons (Fsp3) is 0.261. The van der Waals surface area contributed by atoms with Gasteiger partial charge in [0, 0.05) is 28.9 Å². The molecule has 3 heterocycles. The second kappa shape index (κ2) is 8.33. The smallest absolute Gasteiger partial charge is 0.334 e. The van der Waals surface area contributed by atoms with Crippen LogP contribution < -0.4 is 5.32 Å². The maximum absolute atomic E-state index is 13.2. The highest BCUT2D eigenvalue weighted by Crippen LogP contribution is 2.39. The van der Waals surface area contributed by atoms with E-state index in [1.807, 2.05) is 0 Å². The molecule has 0 radical (unpaired) electrons. The van der Waals surface area contributed by atoms with Gasteiger partial charge in [0.15, 0.2) is 0 Å². The van der Waals surface area contributed by atoms with E-state index in [1.165, 1.54) is 6.20 Å². The van der Waals surface area contributed by atoms with E-state index in [0.717, 1.165) is 0 Å². The molecule has 4 aromatic rings. The Kier molecular flexibility index (Phi) is 5.58. The normalized spacial score (nSPS) is 20.0. The van der Waals surface area contributed by atoms with E-state index < -0.39 is 12.2 Å². The van der Waals surface area contributed by atoms with Crippen molar-refractivity contribution in [2.75, 3.05) is 0 Å². The molecule has 176 valence electrons. The molecular formula is C23H19Cl2F2N5O2. The molecule has 0 spiro atoms. The van der Waals surface area contributed by atoms with Crippen LogP contribution in [0.5, 0.6) is 0 Å². The predicted molar refractivity (Wildman–Crippen MR) is 124 cm³/mol. The number of hydrogen-bond acceptors (Lipinski definition) is 4. The maximum Gasteiger partial charge on any atom is 0.334 e. The van der Waals surface area contributed by atoms with Crippen molar-refractivity contribution in [3.8, 4) is 22.4 Å². The second-order valence-electron chi connectivity index (χ2n) is 8.59. The van der Waals surface area contributed by atoms with Gasteiger partial charge in [0.2, 0.25) is 0 Å². The molecule has 1 amide bonds. The molecule has 3 aromatic heterocycles. The van der Waals surface area contributed by atoms with E-state index in [1.54, 1.807) is 53.9 Å². The minimum Gasteiger partial charge on any atom is -0.390 e. The second-order valence-corrected chi connectivity index (χ2v) is 9.30. The van der Waals surface area contributed by atoms with Gasteiger partial charge < -0.3 is 10.4 Å². The van der Waals surface area contributed by atoms with Crippen molar-refractivity contribution in [3.05, 3.63) is 64.7 Å². The molecule has 1 fully saturated rings. The average Bonchev–Trinajstić information content (AvgIpc) is 3.32. The summed E-state index contributed by atoms with van der Waals surface area (Å²) < 4.78 is 28.4. The van der Waals surface area contributed by atoms with Gasteiger partial charge in [-0.2, -0.15) is 18.6 Å². The van der Waals surface area contributed by atoms with Gasteiger partial charge in [0.25, 0.3) is 5.91 Å². The molecule has 1 saturated carbocycles. The zero-order chi connectivity index (χ0) is 24.2. The summed E-state index contributed by atoms with van der Waals surface area (Å²) in [6.45, 7) is -1.14. The zero-order valence-electron chi connectivity index (χ0n) is 17.8. The number of fused-ring (bicyclic) bond motifs is 1. The lowest BCUT2D eigenvalue weighted by Gasteiger charge is -2.41. The Morgan fingerprint density at radius 2 is 1.88 bits per heavy atom. The van der Waals surface area contributed by atoms with Crippen LogP contribution in [0.1, 0.15) is 36.7 Å². The summed E-state index contributed by atoms with van der Waals surface area (Å²) >= 11 is 12.8. The third kappa shape index (κ3) is 3.93. The Bertz CT molecular complexity index is 1410. The zero-order valence-corrected chi connectivity index (χ0v) is 19.4. The molecule has 1 aromatic carbocycles. The summed E-state index contributed by atoms with van der Waals surface area (Å²) in [5, 5.41) is 16.5. The number of aliphatic hydroxyl groups is 1. The van der Waals surface area contributed by atoms with Gasteiger partial charge in [-0.15, -0.1) is 0 Å². The molecule has 5 rings (SSSR count). The first-order valence-electron chi connectivity index (χ1n) is 10.5. The third-order valence-electron chi connectivity index (χ3n) is 5.93. The summed E-state index contributed by atoms with van der Waals surface area (Å²) in [6, 6.07) is 10.2. The first-order valence-corrected chi connectivity index (χ1v) is 11.2. The van der Waals surface area contributed by atoms with Crippen LogP contribution in [0.3, 0.4) is 0 Å². The Labute approximate surface area is 202 Å². The predicted octanol–water partition coefficient (Wildman–Crippen LogP) is 5.21. The quantitative estimate of drug-likeness (QED) is 0.389. The standard InChI is InChI=1S/C23H19Cl2F2N5O2/c1-23(34)9-13(10-23)29-21(33)12-6-7-31-17(8-12)30-18(20(31)25)15-5-3-2-4-14(15)16-11-28-32(19(16)24)22(26)27/h2-8,11,13,22,34H,9-10H2,1H3,(H,29,33). The number of alkyl halides is 2. The molecule has 1 aliphatic carbocycles. The van der Waals surface area contributed by atoms with Crippen molar-refractivity contribution in [3.63, 3.8) is 0 Å². The lowest BCUT2D eigenvalue weighted by molar-refractivity contribution is -0.0367. The first-order chi connectivity index (χ1) is 16.1. The van der Waals surface area contributed by atoms with Crippen LogP contribution >= 0.6 is 23.2 Å². The van der Waals surface area contributed by atoms with Crippen LogP contribution in [0.15, 0.2) is 48.8 Å². The van der Waals surface area contributed by atoms with Gasteiger partial charge in [-0.05, 0) is 37.5 Å². The summed E-state index contributed by atoms with van der Waals surface area (Å²) in [4.78, 5) is 17.3. The molecule has 11 heteroatoms. The van der Waals surface area contributed by atoms with Crippen molar-refractivity contribution in [2.24, 2.45) is 0 Å². The molecule has 0 bridgehead atoms. The number of rotatable bonds is 5. The van der Waals surface area contributed by atoms with Crippen molar-refractivity contribution in [1.29, 1.82) is 0 Å². The fourth-order valence-corrected chi connectivity index (χ4v) is 4.84. The number of amides is 1. The monoisotopic (exact) mass is 505 g/mol. The number of hydrogen-bond donors (Lipinski definition) is 2. The largest absolute Gasteiger partial charge is 0.390 e. The third-order valence-corrected chi connectivity index (χ3v) is 6.67. The van der Waals surface area contributed by atoms with E-state index in [2.05, 4.69) is 15.4 Å². The van der Waals surface area contributed by atoms with E-state index in [9.17, 15) is 18.7 Å². The number of carbonyl (C=O) groups is 1. The number of pyridine rings is 1. The molecular weight excluding hydrogens is 487 g/mol. The summed E-state index contributed by atoms with van der Waals surface area (Å²) in [6.07, 6.45) is 3.92. The number of nitrogens with one attached hydrogen (secondary N) is 1. The molecule has 0 aliphatic heterocycles. The molecule has 2 N–H and O–H groups in total. The molecule has 34 heavy (non-hydrogen) atoms. The lowest BCUT2D eigenvalue weighted by atomic mass is 9.77. The highest BCUT2D eigenvalue weighted by Gasteiger charge is 2.39. The number of nitrogens with zero attached hydrogens (tertiary/aromatic N) is 4. The van der Waals surface area contributed by atoms with Gasteiger partial charge in [-0.25, -0.2) is 4.98 Å². The molecule has 1 aliphatic rings. The van der Waals surface area contributed by atoms with Gasteiger partial charge in [0.1, 0.15) is 21.6 Å². The Balaban J connectivity index is 1.51. The number of imidazole rings is 1. The molecule has 0 atom stereocenters. The van der Waals surface area contributed by atoms with Gasteiger partial charge >= 0.3 is 6.55 Å². The number of halogens is 4. The van der Waals surface area contributed by atoms with Crippen molar-refractivity contribution >= 4 is 34.8 Å². The maximum atomic E-state index is 13.2. The summed E-state index contributed by atoms with van der Waals surface area (Å²) in [5.41, 5.74) is 1.96. The highest BCUT2D eigenvalue weighted by atomic mass is 35.5. The molecule has 0 saturated heterocycles. The molecule has 0 unspecified atom stereocenters. The van der Waals surface area contributed by atoms with Crippen LogP contribution in [-0.2, 0) is 0 Å². The number of benzene rings is 1. The van der Waals surface area contributed by atoms with Crippen LogP contribution in [0.2, 0.25) is 10.3 Å². The number of carbonyl (C=O) groups excluding carboxylic acids is 1. The molecule has 7 nitrogen and oxygen atoms in total. The van der Waals surface area contributed by atoms with Gasteiger partial charge in [0.05, 0.1) is 11.8 Å². The Morgan fingerprint density at radius 1 is 1.18 bits per heavy atom. The highest BCUT2D eigenvalue weighted by molar-refractivity contribution is 6.33. The fourth-order valence-electron chi connectivity index (χ4n) is 4.29. The van der Waals surface area contributed by atoms with E-state index in [4.69, 9.17) is 23.2 Å². The van der Waals surface area contributed by atoms with Gasteiger partial charge in [-0.3, -0.25) is 9.20 Å². The van der Waals surface area contributed by atoms with Crippen LogP contribution in [0.4, 0.5) is 8.78 Å². The number of aromatic nitrogens is 4.